The fourth-order valence-corrected chi connectivity index (χ4v) is 5.89. The smallest absolute Gasteiger partial charge is 0.257 e. The van der Waals surface area contributed by atoms with Crippen LogP contribution in [0.1, 0.15) is 87.7 Å². The zero-order valence-corrected chi connectivity index (χ0v) is 19.1. The van der Waals surface area contributed by atoms with Gasteiger partial charge in [0.15, 0.2) is 11.6 Å². The molecule has 5 fully saturated rings. The van der Waals surface area contributed by atoms with Crippen molar-refractivity contribution in [3.8, 4) is 11.5 Å². The highest BCUT2D eigenvalue weighted by Gasteiger charge is 2.52. The Kier molecular flexibility index (Phi) is 4.43. The highest BCUT2D eigenvalue weighted by molar-refractivity contribution is 5.61. The van der Waals surface area contributed by atoms with E-state index >= 15 is 0 Å². The van der Waals surface area contributed by atoms with Gasteiger partial charge < -0.3 is 14.4 Å². The molecule has 0 saturated heterocycles. The van der Waals surface area contributed by atoms with Crippen LogP contribution in [0, 0.1) is 11.3 Å². The van der Waals surface area contributed by atoms with Crippen LogP contribution in [0.2, 0.25) is 0 Å². The molecule has 2 bridgehead atoms. The third kappa shape index (κ3) is 3.75. The molecule has 7 nitrogen and oxygen atoms in total. The molecule has 0 spiro atoms. The van der Waals surface area contributed by atoms with Gasteiger partial charge in [-0.15, -0.1) is 0 Å². The van der Waals surface area contributed by atoms with E-state index in [0.717, 1.165) is 66.9 Å². The molecule has 5 aliphatic rings. The summed E-state index contributed by atoms with van der Waals surface area (Å²) in [6, 6.07) is 8.39. The fraction of sp³-hybridized carbons (Fsp3) is 0.615. The summed E-state index contributed by atoms with van der Waals surface area (Å²) >= 11 is 0. The minimum Gasteiger partial charge on any atom is -0.384 e. The topological polar surface area (TPSA) is 89.9 Å². The van der Waals surface area contributed by atoms with Gasteiger partial charge in [-0.2, -0.15) is 9.97 Å². The summed E-state index contributed by atoms with van der Waals surface area (Å²) < 4.78 is 11.3. The van der Waals surface area contributed by atoms with Crippen molar-refractivity contribution < 1.29 is 9.05 Å². The number of hydrogen-bond acceptors (Lipinski definition) is 7. The number of nitrogens with one attached hydrogen (secondary N) is 1. The predicted octanol–water partition coefficient (Wildman–Crippen LogP) is 5.65. The Labute approximate surface area is 193 Å². The van der Waals surface area contributed by atoms with Crippen LogP contribution in [0.4, 0.5) is 5.69 Å². The molecule has 0 amide bonds. The Morgan fingerprint density at radius 1 is 0.909 bits per heavy atom. The van der Waals surface area contributed by atoms with Crippen molar-refractivity contribution in [2.75, 3.05) is 11.9 Å². The van der Waals surface area contributed by atoms with Crippen LogP contribution in [0.5, 0.6) is 0 Å². The van der Waals surface area contributed by atoms with E-state index in [0.29, 0.717) is 17.2 Å². The van der Waals surface area contributed by atoms with Crippen molar-refractivity contribution in [3.05, 3.63) is 41.8 Å². The fourth-order valence-electron chi connectivity index (χ4n) is 5.89. The van der Waals surface area contributed by atoms with Crippen LogP contribution >= 0.6 is 0 Å². The molecule has 33 heavy (non-hydrogen) atoms. The second kappa shape index (κ2) is 7.40. The number of fused-ring (bicyclic) bond motifs is 3. The molecule has 2 heterocycles. The molecule has 8 rings (SSSR count). The van der Waals surface area contributed by atoms with E-state index in [9.17, 15) is 0 Å². The highest BCUT2D eigenvalue weighted by Crippen LogP contribution is 2.57. The number of aromatic nitrogens is 4. The number of nitrogens with zero attached hydrogens (tertiary/aromatic N) is 4. The van der Waals surface area contributed by atoms with Gasteiger partial charge in [0, 0.05) is 35.5 Å². The Bertz CT molecular complexity index is 1130. The van der Waals surface area contributed by atoms with E-state index in [4.69, 9.17) is 14.0 Å². The van der Waals surface area contributed by atoms with E-state index in [-0.39, 0.29) is 5.41 Å². The van der Waals surface area contributed by atoms with Gasteiger partial charge in [0.2, 0.25) is 5.89 Å². The average Bonchev–Trinajstić information content (AvgIpc) is 3.78. The van der Waals surface area contributed by atoms with Crippen LogP contribution in [-0.2, 0) is 11.8 Å². The minimum absolute atomic E-state index is 0.123. The molecule has 0 unspecified atom stereocenters. The largest absolute Gasteiger partial charge is 0.384 e. The van der Waals surface area contributed by atoms with Crippen molar-refractivity contribution in [2.24, 2.45) is 11.3 Å². The maximum Gasteiger partial charge on any atom is 0.257 e. The molecule has 1 aromatic carbocycles. The first-order valence-electron chi connectivity index (χ1n) is 12.7. The lowest BCUT2D eigenvalue weighted by atomic mass is 9.53. The Balaban J connectivity index is 1.00. The maximum atomic E-state index is 5.77. The lowest BCUT2D eigenvalue weighted by Crippen LogP contribution is -2.47. The molecule has 5 aliphatic carbocycles. The summed E-state index contributed by atoms with van der Waals surface area (Å²) in [6.07, 6.45) is 13.1. The van der Waals surface area contributed by atoms with Crippen LogP contribution in [-0.4, -0.2) is 26.8 Å². The monoisotopic (exact) mass is 445 g/mol. The normalized spacial score (nSPS) is 28.8. The average molecular weight is 446 g/mol. The van der Waals surface area contributed by atoms with Crippen molar-refractivity contribution in [2.45, 2.75) is 82.0 Å². The minimum atomic E-state index is 0.123. The van der Waals surface area contributed by atoms with Gasteiger partial charge in [0.05, 0.1) is 0 Å². The summed E-state index contributed by atoms with van der Waals surface area (Å²) in [7, 11) is 0. The third-order valence-electron chi connectivity index (χ3n) is 8.65. The Morgan fingerprint density at radius 2 is 1.73 bits per heavy atom. The molecular weight excluding hydrogens is 414 g/mol. The molecule has 0 atom stereocenters. The van der Waals surface area contributed by atoms with Crippen molar-refractivity contribution in [1.82, 2.24) is 20.3 Å². The number of rotatable bonds is 8. The van der Waals surface area contributed by atoms with Gasteiger partial charge in [-0.05, 0) is 93.7 Å². The molecule has 1 N–H and O–H groups in total. The molecule has 0 radical (unpaired) electrons. The SMILES string of the molecule is c1cc(NCC23CCC(c4nc(C5CC5)no4)(CC2)CC3)cc(-c2nc(CC3CC3)no2)c1. The molecule has 0 aliphatic heterocycles. The van der Waals surface area contributed by atoms with Gasteiger partial charge in [0.25, 0.3) is 5.89 Å². The molecule has 3 aromatic rings. The molecule has 5 saturated carbocycles. The quantitative estimate of drug-likeness (QED) is 0.479. The summed E-state index contributed by atoms with van der Waals surface area (Å²) in [5.41, 5.74) is 2.59. The molecule has 172 valence electrons. The van der Waals surface area contributed by atoms with E-state index in [2.05, 4.69) is 38.8 Å². The second-order valence-electron chi connectivity index (χ2n) is 11.1. The number of anilines is 1. The van der Waals surface area contributed by atoms with Crippen LogP contribution in [0.25, 0.3) is 11.5 Å². The first-order valence-corrected chi connectivity index (χ1v) is 12.7. The van der Waals surface area contributed by atoms with Crippen molar-refractivity contribution in [1.29, 1.82) is 0 Å². The molecular formula is C26H31N5O2. The summed E-state index contributed by atoms with van der Waals surface area (Å²) in [5.74, 6) is 4.64. The predicted molar refractivity (Wildman–Crippen MR) is 123 cm³/mol. The third-order valence-corrected chi connectivity index (χ3v) is 8.65. The van der Waals surface area contributed by atoms with Gasteiger partial charge in [-0.25, -0.2) is 0 Å². The molecule has 7 heteroatoms. The van der Waals surface area contributed by atoms with Gasteiger partial charge in [-0.3, -0.25) is 0 Å². The first kappa shape index (κ1) is 19.7. The van der Waals surface area contributed by atoms with Crippen LogP contribution in [0.15, 0.2) is 33.3 Å². The zero-order valence-electron chi connectivity index (χ0n) is 19.1. The lowest BCUT2D eigenvalue weighted by molar-refractivity contribution is 0.0322. The Morgan fingerprint density at radius 3 is 2.48 bits per heavy atom. The first-order chi connectivity index (χ1) is 16.2. The van der Waals surface area contributed by atoms with E-state index in [1.54, 1.807) is 0 Å². The molecule has 2 aromatic heterocycles. The number of hydrogen-bond donors (Lipinski definition) is 1. The standard InChI is InChI=1S/C26H31N5O2/c1-2-19(23-28-21(30-32-23)14-17-4-5-17)15-20(3-1)27-16-25-8-11-26(12-9-25,13-10-25)24-29-22(31-33-24)18-6-7-18/h1-3,15,17-18,27H,4-14,16H2. The van der Waals surface area contributed by atoms with Gasteiger partial charge >= 0.3 is 0 Å². The van der Waals surface area contributed by atoms with Crippen molar-refractivity contribution >= 4 is 5.69 Å². The zero-order chi connectivity index (χ0) is 21.9. The second-order valence-corrected chi connectivity index (χ2v) is 11.1. The van der Waals surface area contributed by atoms with Crippen LogP contribution < -0.4 is 5.32 Å². The van der Waals surface area contributed by atoms with Gasteiger partial charge in [0.1, 0.15) is 0 Å². The lowest BCUT2D eigenvalue weighted by Gasteiger charge is -2.52. The van der Waals surface area contributed by atoms with Crippen LogP contribution in [0.3, 0.4) is 0 Å². The summed E-state index contributed by atoms with van der Waals surface area (Å²) in [4.78, 5) is 9.44. The van der Waals surface area contributed by atoms with E-state index < -0.39 is 0 Å². The van der Waals surface area contributed by atoms with E-state index in [1.807, 2.05) is 6.07 Å². The highest BCUT2D eigenvalue weighted by atomic mass is 16.5. The van der Waals surface area contributed by atoms with E-state index in [1.165, 1.54) is 44.9 Å². The Hall–Kier alpha value is -2.70. The summed E-state index contributed by atoms with van der Waals surface area (Å²) in [6.45, 7) is 1.00. The van der Waals surface area contributed by atoms with Crippen molar-refractivity contribution in [3.63, 3.8) is 0 Å². The maximum absolute atomic E-state index is 5.77. The number of benzene rings is 1. The van der Waals surface area contributed by atoms with Gasteiger partial charge in [-0.1, -0.05) is 16.4 Å². The summed E-state index contributed by atoms with van der Waals surface area (Å²) in [5, 5.41) is 12.2.